The summed E-state index contributed by atoms with van der Waals surface area (Å²) in [6.07, 6.45) is 7.24. The van der Waals surface area contributed by atoms with E-state index in [1.807, 2.05) is 0 Å². The van der Waals surface area contributed by atoms with Gasteiger partial charge >= 0.3 is 0 Å². The van der Waals surface area contributed by atoms with Gasteiger partial charge in [-0.05, 0) is 44.4 Å². The van der Waals surface area contributed by atoms with Gasteiger partial charge in [-0.15, -0.1) is 11.3 Å². The predicted octanol–water partition coefficient (Wildman–Crippen LogP) is 3.17. The van der Waals surface area contributed by atoms with Gasteiger partial charge in [0.15, 0.2) is 5.13 Å². The number of nitrogens with one attached hydrogen (secondary N) is 1. The lowest BCUT2D eigenvalue weighted by atomic mass is 9.93. The molecule has 3 rings (SSSR count). The summed E-state index contributed by atoms with van der Waals surface area (Å²) in [6.45, 7) is 3.13. The van der Waals surface area contributed by atoms with Crippen LogP contribution in [0, 0.1) is 5.92 Å². The van der Waals surface area contributed by atoms with Gasteiger partial charge in [0.2, 0.25) is 5.91 Å². The summed E-state index contributed by atoms with van der Waals surface area (Å²) in [7, 11) is 0. The first-order valence-corrected chi connectivity index (χ1v) is 8.42. The molecule has 0 unspecified atom stereocenters. The van der Waals surface area contributed by atoms with Gasteiger partial charge in [-0.2, -0.15) is 0 Å². The van der Waals surface area contributed by atoms with Gasteiger partial charge in [0.25, 0.3) is 0 Å². The maximum absolute atomic E-state index is 11.9. The van der Waals surface area contributed by atoms with Gasteiger partial charge in [-0.25, -0.2) is 4.98 Å². The highest BCUT2D eigenvalue weighted by atomic mass is 32.1. The Morgan fingerprint density at radius 2 is 2.40 bits per heavy atom. The minimum absolute atomic E-state index is 0.0691. The third kappa shape index (κ3) is 3.38. The van der Waals surface area contributed by atoms with E-state index >= 15 is 0 Å². The number of thiazole rings is 1. The Morgan fingerprint density at radius 3 is 3.20 bits per heavy atom. The number of hydrogen-bond acceptors (Lipinski definition) is 4. The minimum atomic E-state index is 0.0691. The van der Waals surface area contributed by atoms with Crippen LogP contribution in [0.4, 0.5) is 5.13 Å². The SMILES string of the molecule is C[C@@H]1CCc2nc(NC(=O)CC[C@H]3CCCO3)sc2C1. The van der Waals surface area contributed by atoms with Crippen molar-refractivity contribution in [3.05, 3.63) is 10.6 Å². The van der Waals surface area contributed by atoms with Crippen LogP contribution in [0.2, 0.25) is 0 Å². The summed E-state index contributed by atoms with van der Waals surface area (Å²) < 4.78 is 5.54. The Kier molecular flexibility index (Phi) is 4.36. The fourth-order valence-electron chi connectivity index (χ4n) is 2.94. The summed E-state index contributed by atoms with van der Waals surface area (Å²) in [5, 5.41) is 3.73. The Labute approximate surface area is 123 Å². The van der Waals surface area contributed by atoms with E-state index in [4.69, 9.17) is 4.74 Å². The molecule has 0 saturated carbocycles. The molecule has 1 fully saturated rings. The van der Waals surface area contributed by atoms with Crippen molar-refractivity contribution in [2.24, 2.45) is 5.92 Å². The van der Waals surface area contributed by atoms with Crippen LogP contribution in [0.25, 0.3) is 0 Å². The molecule has 0 radical (unpaired) electrons. The normalized spacial score (nSPS) is 25.4. The van der Waals surface area contributed by atoms with Crippen molar-refractivity contribution in [3.8, 4) is 0 Å². The van der Waals surface area contributed by atoms with E-state index in [2.05, 4.69) is 17.2 Å². The number of carbonyl (C=O) groups is 1. The molecule has 5 heteroatoms. The lowest BCUT2D eigenvalue weighted by Crippen LogP contribution is -2.15. The maximum Gasteiger partial charge on any atom is 0.226 e. The molecule has 0 aromatic carbocycles. The highest BCUT2D eigenvalue weighted by Crippen LogP contribution is 2.32. The third-order valence-corrected chi connectivity index (χ3v) is 5.19. The second-order valence-corrected chi connectivity index (χ2v) is 7.04. The first-order valence-electron chi connectivity index (χ1n) is 7.60. The average Bonchev–Trinajstić information content (AvgIpc) is 3.04. The number of rotatable bonds is 4. The Hall–Kier alpha value is -0.940. The van der Waals surface area contributed by atoms with E-state index in [0.717, 1.165) is 49.8 Å². The summed E-state index contributed by atoms with van der Waals surface area (Å²) >= 11 is 1.65. The standard InChI is InChI=1S/C15H22N2O2S/c1-10-4-6-12-13(9-10)20-15(16-12)17-14(18)7-5-11-3-2-8-19-11/h10-11H,2-9H2,1H3,(H,16,17,18)/t10-,11-/m1/s1. The van der Waals surface area contributed by atoms with Gasteiger partial charge < -0.3 is 10.1 Å². The third-order valence-electron chi connectivity index (χ3n) is 4.15. The van der Waals surface area contributed by atoms with E-state index in [-0.39, 0.29) is 12.0 Å². The van der Waals surface area contributed by atoms with Crippen LogP contribution in [0.5, 0.6) is 0 Å². The van der Waals surface area contributed by atoms with Crippen LogP contribution in [0.3, 0.4) is 0 Å². The van der Waals surface area contributed by atoms with Gasteiger partial charge in [-0.3, -0.25) is 4.79 Å². The summed E-state index contributed by atoms with van der Waals surface area (Å²) in [4.78, 5) is 17.9. The molecule has 110 valence electrons. The lowest BCUT2D eigenvalue weighted by Gasteiger charge is -2.15. The van der Waals surface area contributed by atoms with Crippen LogP contribution < -0.4 is 5.32 Å². The van der Waals surface area contributed by atoms with Crippen LogP contribution >= 0.6 is 11.3 Å². The van der Waals surface area contributed by atoms with Crippen LogP contribution in [0.15, 0.2) is 0 Å². The molecule has 2 atom stereocenters. The number of aryl methyl sites for hydroxylation is 1. The zero-order chi connectivity index (χ0) is 13.9. The number of ether oxygens (including phenoxy) is 1. The van der Waals surface area contributed by atoms with Crippen molar-refractivity contribution in [2.75, 3.05) is 11.9 Å². The van der Waals surface area contributed by atoms with Crippen LogP contribution in [0.1, 0.15) is 49.6 Å². The fourth-order valence-corrected chi connectivity index (χ4v) is 4.13. The second-order valence-electron chi connectivity index (χ2n) is 5.96. The monoisotopic (exact) mass is 294 g/mol. The molecular weight excluding hydrogens is 272 g/mol. The number of nitrogens with zero attached hydrogens (tertiary/aromatic N) is 1. The first-order chi connectivity index (χ1) is 9.70. The minimum Gasteiger partial charge on any atom is -0.378 e. The summed E-state index contributed by atoms with van der Waals surface area (Å²) in [5.41, 5.74) is 1.20. The van der Waals surface area contributed by atoms with Gasteiger partial charge in [0.05, 0.1) is 11.8 Å². The van der Waals surface area contributed by atoms with E-state index in [1.54, 1.807) is 11.3 Å². The molecule has 1 aromatic heterocycles. The molecule has 4 nitrogen and oxygen atoms in total. The number of amides is 1. The topological polar surface area (TPSA) is 51.2 Å². The molecule has 1 N–H and O–H groups in total. The summed E-state index contributed by atoms with van der Waals surface area (Å²) in [5.74, 6) is 0.811. The molecule has 1 amide bonds. The molecular formula is C15H22N2O2S. The quantitative estimate of drug-likeness (QED) is 0.928. The zero-order valence-corrected chi connectivity index (χ0v) is 12.8. The Morgan fingerprint density at radius 1 is 1.50 bits per heavy atom. The van der Waals surface area contributed by atoms with E-state index < -0.39 is 0 Å². The molecule has 1 aromatic rings. The van der Waals surface area contributed by atoms with Gasteiger partial charge in [0, 0.05) is 17.9 Å². The van der Waals surface area contributed by atoms with Crippen LogP contribution in [-0.2, 0) is 22.4 Å². The number of anilines is 1. The van der Waals surface area contributed by atoms with Crippen molar-refractivity contribution < 1.29 is 9.53 Å². The number of aromatic nitrogens is 1. The zero-order valence-electron chi connectivity index (χ0n) is 12.0. The van der Waals surface area contributed by atoms with Crippen molar-refractivity contribution in [1.82, 2.24) is 4.98 Å². The highest BCUT2D eigenvalue weighted by Gasteiger charge is 2.21. The van der Waals surface area contributed by atoms with Crippen molar-refractivity contribution in [2.45, 2.75) is 58.0 Å². The van der Waals surface area contributed by atoms with Crippen molar-refractivity contribution in [1.29, 1.82) is 0 Å². The lowest BCUT2D eigenvalue weighted by molar-refractivity contribution is -0.116. The van der Waals surface area contributed by atoms with E-state index in [1.165, 1.54) is 17.0 Å². The Balaban J connectivity index is 1.51. The largest absolute Gasteiger partial charge is 0.378 e. The maximum atomic E-state index is 11.9. The van der Waals surface area contributed by atoms with E-state index in [9.17, 15) is 4.79 Å². The van der Waals surface area contributed by atoms with Crippen molar-refractivity contribution in [3.63, 3.8) is 0 Å². The molecule has 1 aliphatic carbocycles. The van der Waals surface area contributed by atoms with Gasteiger partial charge in [-0.1, -0.05) is 6.92 Å². The molecule has 20 heavy (non-hydrogen) atoms. The summed E-state index contributed by atoms with van der Waals surface area (Å²) in [6, 6.07) is 0. The second kappa shape index (κ2) is 6.22. The molecule has 2 heterocycles. The molecule has 1 aliphatic heterocycles. The van der Waals surface area contributed by atoms with Gasteiger partial charge in [0.1, 0.15) is 0 Å². The number of carbonyl (C=O) groups excluding carboxylic acids is 1. The molecule has 0 bridgehead atoms. The smallest absolute Gasteiger partial charge is 0.226 e. The van der Waals surface area contributed by atoms with E-state index in [0.29, 0.717) is 6.42 Å². The Bertz CT molecular complexity index is 480. The average molecular weight is 294 g/mol. The highest BCUT2D eigenvalue weighted by molar-refractivity contribution is 7.15. The number of fused-ring (bicyclic) bond motifs is 1. The molecule has 1 saturated heterocycles. The molecule has 0 spiro atoms. The molecule has 2 aliphatic rings. The first kappa shape index (κ1) is 14.0. The number of hydrogen-bond donors (Lipinski definition) is 1. The van der Waals surface area contributed by atoms with Crippen molar-refractivity contribution >= 4 is 22.4 Å². The predicted molar refractivity (Wildman–Crippen MR) is 80.1 cm³/mol. The fraction of sp³-hybridized carbons (Fsp3) is 0.733. The van der Waals surface area contributed by atoms with Crippen LogP contribution in [-0.4, -0.2) is 23.6 Å².